The van der Waals surface area contributed by atoms with Gasteiger partial charge in [0.25, 0.3) is 0 Å². The lowest BCUT2D eigenvalue weighted by Gasteiger charge is -2.25. The molecule has 4 amide bonds. The molecule has 0 radical (unpaired) electrons. The number of hydrogen-bond donors (Lipinski definition) is 6. The summed E-state index contributed by atoms with van der Waals surface area (Å²) in [6, 6.07) is -3.02. The molecule has 0 heterocycles. The van der Waals surface area contributed by atoms with Crippen molar-refractivity contribution in [1.29, 1.82) is 0 Å². The fourth-order valence-electron chi connectivity index (χ4n) is 2.61. The molecule has 0 aliphatic heterocycles. The van der Waals surface area contributed by atoms with Crippen molar-refractivity contribution in [2.45, 2.75) is 71.5 Å². The molecule has 11 heteroatoms. The molecule has 0 aromatic heterocycles. The second-order valence-corrected chi connectivity index (χ2v) is 7.79. The molecule has 0 spiro atoms. The zero-order chi connectivity index (χ0) is 23.4. The largest absolute Gasteiger partial charge is 0.480 e. The summed E-state index contributed by atoms with van der Waals surface area (Å²) < 4.78 is 0. The number of nitrogens with two attached hydrogens (primary N) is 2. The molecule has 0 saturated heterocycles. The Morgan fingerprint density at radius 2 is 1.60 bits per heavy atom. The van der Waals surface area contributed by atoms with E-state index in [2.05, 4.69) is 16.0 Å². The van der Waals surface area contributed by atoms with Gasteiger partial charge in [0.05, 0.1) is 12.6 Å². The Morgan fingerprint density at radius 3 is 2.07 bits per heavy atom. The predicted octanol–water partition coefficient (Wildman–Crippen LogP) is -1.16. The van der Waals surface area contributed by atoms with Gasteiger partial charge in [0.1, 0.15) is 12.1 Å². The first-order valence-electron chi connectivity index (χ1n) is 10.0. The van der Waals surface area contributed by atoms with E-state index in [4.69, 9.17) is 11.5 Å². The SMILES string of the molecule is CCC(C)C(NC(=O)C(CC(C)C)NC(=O)CNC(=O)C(N)CCC(N)=O)C(=O)O. The first-order valence-corrected chi connectivity index (χ1v) is 10.0. The molecule has 0 rings (SSSR count). The van der Waals surface area contributed by atoms with E-state index >= 15 is 0 Å². The molecule has 0 aliphatic carbocycles. The second-order valence-electron chi connectivity index (χ2n) is 7.79. The van der Waals surface area contributed by atoms with Crippen molar-refractivity contribution in [1.82, 2.24) is 16.0 Å². The maximum Gasteiger partial charge on any atom is 0.326 e. The van der Waals surface area contributed by atoms with E-state index in [1.807, 2.05) is 20.8 Å². The molecule has 0 aromatic rings. The van der Waals surface area contributed by atoms with E-state index in [1.165, 1.54) is 0 Å². The van der Waals surface area contributed by atoms with Gasteiger partial charge in [-0.25, -0.2) is 4.79 Å². The maximum atomic E-state index is 12.6. The molecule has 30 heavy (non-hydrogen) atoms. The smallest absolute Gasteiger partial charge is 0.326 e. The quantitative estimate of drug-likeness (QED) is 0.200. The summed E-state index contributed by atoms with van der Waals surface area (Å²) in [5.74, 6) is -3.83. The predicted molar refractivity (Wildman–Crippen MR) is 110 cm³/mol. The van der Waals surface area contributed by atoms with Crippen molar-refractivity contribution in [2.24, 2.45) is 23.3 Å². The highest BCUT2D eigenvalue weighted by Gasteiger charge is 2.30. The number of carbonyl (C=O) groups is 5. The molecule has 0 aliphatic rings. The molecular formula is C19H35N5O6. The van der Waals surface area contributed by atoms with E-state index in [-0.39, 0.29) is 31.1 Å². The Kier molecular flexibility index (Phi) is 12.3. The lowest BCUT2D eigenvalue weighted by molar-refractivity contribution is -0.143. The van der Waals surface area contributed by atoms with Crippen molar-refractivity contribution in [3.63, 3.8) is 0 Å². The van der Waals surface area contributed by atoms with Gasteiger partial charge in [-0.1, -0.05) is 34.1 Å². The Hall–Kier alpha value is -2.69. The molecule has 172 valence electrons. The molecule has 0 aromatic carbocycles. The van der Waals surface area contributed by atoms with Gasteiger partial charge in [0.2, 0.25) is 23.6 Å². The van der Waals surface area contributed by atoms with Crippen LogP contribution in [0.3, 0.4) is 0 Å². The van der Waals surface area contributed by atoms with Crippen molar-refractivity contribution >= 4 is 29.6 Å². The minimum absolute atomic E-state index is 0.0461. The summed E-state index contributed by atoms with van der Waals surface area (Å²) in [5, 5.41) is 16.7. The number of aliphatic carboxylic acids is 1. The zero-order valence-electron chi connectivity index (χ0n) is 18.1. The number of nitrogens with one attached hydrogen (secondary N) is 3. The summed E-state index contributed by atoms with van der Waals surface area (Å²) in [7, 11) is 0. The number of amides is 4. The summed E-state index contributed by atoms with van der Waals surface area (Å²) in [5.41, 5.74) is 10.6. The average Bonchev–Trinajstić information content (AvgIpc) is 2.66. The van der Waals surface area contributed by atoms with Gasteiger partial charge < -0.3 is 32.5 Å². The van der Waals surface area contributed by atoms with Crippen LogP contribution in [0.15, 0.2) is 0 Å². The summed E-state index contributed by atoms with van der Waals surface area (Å²) in [4.78, 5) is 58.9. The van der Waals surface area contributed by atoms with Gasteiger partial charge in [0, 0.05) is 6.42 Å². The highest BCUT2D eigenvalue weighted by Crippen LogP contribution is 2.10. The Balaban J connectivity index is 4.89. The van der Waals surface area contributed by atoms with Gasteiger partial charge >= 0.3 is 5.97 Å². The standard InChI is InChI=1S/C19H35N5O6/c1-5-11(4)16(19(29)30)24-18(28)13(8-10(2)3)23-15(26)9-22-17(27)12(20)6-7-14(21)25/h10-13,16H,5-9,20H2,1-4H3,(H2,21,25)(H,22,27)(H,23,26)(H,24,28)(H,29,30). The average molecular weight is 430 g/mol. The first-order chi connectivity index (χ1) is 13.9. The van der Waals surface area contributed by atoms with Crippen LogP contribution in [0, 0.1) is 11.8 Å². The highest BCUT2D eigenvalue weighted by atomic mass is 16.4. The number of hydrogen-bond acceptors (Lipinski definition) is 6. The molecule has 11 nitrogen and oxygen atoms in total. The molecule has 8 N–H and O–H groups in total. The van der Waals surface area contributed by atoms with E-state index < -0.39 is 54.3 Å². The van der Waals surface area contributed by atoms with Crippen LogP contribution in [0.5, 0.6) is 0 Å². The van der Waals surface area contributed by atoms with Crippen LogP contribution in [0.2, 0.25) is 0 Å². The van der Waals surface area contributed by atoms with E-state index in [0.717, 1.165) is 0 Å². The lowest BCUT2D eigenvalue weighted by Crippen LogP contribution is -2.55. The van der Waals surface area contributed by atoms with E-state index in [0.29, 0.717) is 6.42 Å². The van der Waals surface area contributed by atoms with Gasteiger partial charge in [-0.05, 0) is 24.7 Å². The Labute approximate surface area is 176 Å². The Morgan fingerprint density at radius 1 is 1.00 bits per heavy atom. The third-order valence-corrected chi connectivity index (χ3v) is 4.60. The van der Waals surface area contributed by atoms with Crippen molar-refractivity contribution < 1.29 is 29.1 Å². The van der Waals surface area contributed by atoms with Crippen LogP contribution in [-0.4, -0.2) is 59.4 Å². The minimum Gasteiger partial charge on any atom is -0.480 e. The third kappa shape index (κ3) is 10.7. The number of carboxylic acid groups (broad SMARTS) is 1. The summed E-state index contributed by atoms with van der Waals surface area (Å²) >= 11 is 0. The van der Waals surface area contributed by atoms with Gasteiger partial charge in [-0.3, -0.25) is 19.2 Å². The molecule has 4 unspecified atom stereocenters. The molecular weight excluding hydrogens is 394 g/mol. The number of carboxylic acids is 1. The molecule has 0 fully saturated rings. The van der Waals surface area contributed by atoms with Crippen LogP contribution in [0.4, 0.5) is 0 Å². The lowest BCUT2D eigenvalue weighted by atomic mass is 9.97. The zero-order valence-corrected chi connectivity index (χ0v) is 18.1. The fourth-order valence-corrected chi connectivity index (χ4v) is 2.61. The van der Waals surface area contributed by atoms with Crippen molar-refractivity contribution in [3.05, 3.63) is 0 Å². The first kappa shape index (κ1) is 27.3. The minimum atomic E-state index is -1.15. The van der Waals surface area contributed by atoms with Gasteiger partial charge in [-0.15, -0.1) is 0 Å². The normalized spacial score (nSPS) is 14.9. The molecule has 0 saturated carbocycles. The third-order valence-electron chi connectivity index (χ3n) is 4.60. The molecule has 0 bridgehead atoms. The summed E-state index contributed by atoms with van der Waals surface area (Å²) in [6.45, 7) is 6.83. The van der Waals surface area contributed by atoms with Crippen LogP contribution >= 0.6 is 0 Å². The number of rotatable bonds is 14. The highest BCUT2D eigenvalue weighted by molar-refractivity contribution is 5.92. The van der Waals surface area contributed by atoms with Crippen molar-refractivity contribution in [3.8, 4) is 0 Å². The Bertz CT molecular complexity index is 625. The maximum absolute atomic E-state index is 12.6. The monoisotopic (exact) mass is 429 g/mol. The van der Waals surface area contributed by atoms with Crippen molar-refractivity contribution in [2.75, 3.05) is 6.54 Å². The number of carbonyl (C=O) groups excluding carboxylic acids is 4. The van der Waals surface area contributed by atoms with Crippen LogP contribution < -0.4 is 27.4 Å². The fraction of sp³-hybridized carbons (Fsp3) is 0.737. The van der Waals surface area contributed by atoms with Gasteiger partial charge in [0.15, 0.2) is 0 Å². The topological polar surface area (TPSA) is 194 Å². The van der Waals surface area contributed by atoms with Crippen LogP contribution in [-0.2, 0) is 24.0 Å². The van der Waals surface area contributed by atoms with E-state index in [1.54, 1.807) is 6.92 Å². The van der Waals surface area contributed by atoms with Gasteiger partial charge in [-0.2, -0.15) is 0 Å². The number of primary amides is 1. The van der Waals surface area contributed by atoms with E-state index in [9.17, 15) is 29.1 Å². The molecule has 4 atom stereocenters. The van der Waals surface area contributed by atoms with Crippen LogP contribution in [0.25, 0.3) is 0 Å². The van der Waals surface area contributed by atoms with Crippen LogP contribution in [0.1, 0.15) is 53.4 Å². The summed E-state index contributed by atoms with van der Waals surface area (Å²) in [6.07, 6.45) is 0.836. The second kappa shape index (κ2) is 13.5.